The number of likely N-dealkylation sites (N-methyl/N-ethyl adjacent to an activating group) is 1. The third kappa shape index (κ3) is 1.68. The van der Waals surface area contributed by atoms with Crippen LogP contribution in [0.5, 0.6) is 5.75 Å². The largest absolute Gasteiger partial charge is 0.489 e. The number of fused-ring (bicyclic) bond motifs is 1. The molecule has 15 heavy (non-hydrogen) atoms. The van der Waals surface area contributed by atoms with Crippen LogP contribution in [0.15, 0.2) is 24.3 Å². The first-order valence-corrected chi connectivity index (χ1v) is 5.03. The van der Waals surface area contributed by atoms with Crippen LogP contribution in [0.3, 0.4) is 0 Å². The number of amides is 1. The van der Waals surface area contributed by atoms with Crippen LogP contribution in [0.2, 0.25) is 0 Å². The molecule has 0 aromatic heterocycles. The Balaban J connectivity index is 2.45. The molecule has 0 saturated carbocycles. The number of hydrogen-bond donors (Lipinski definition) is 1. The predicted molar refractivity (Wildman–Crippen MR) is 57.9 cm³/mol. The standard InChI is InChI=1S/C11H14N2O2/c1-2-13-9-5-3-4-6-10(9)15-7-8(12)11(13)14/h3-6,8H,2,7,12H2,1H3. The van der Waals surface area contributed by atoms with E-state index in [4.69, 9.17) is 10.5 Å². The maximum absolute atomic E-state index is 11.9. The number of carbonyl (C=O) groups is 1. The SMILES string of the molecule is CCN1C(=O)C(N)COc2ccccc21. The monoisotopic (exact) mass is 206 g/mol. The average molecular weight is 206 g/mol. The molecule has 1 amide bonds. The van der Waals surface area contributed by atoms with Gasteiger partial charge in [0.25, 0.3) is 0 Å². The molecule has 1 atom stereocenters. The highest BCUT2D eigenvalue weighted by atomic mass is 16.5. The van der Waals surface area contributed by atoms with Gasteiger partial charge in [-0.2, -0.15) is 0 Å². The Labute approximate surface area is 88.6 Å². The van der Waals surface area contributed by atoms with Gasteiger partial charge in [-0.1, -0.05) is 12.1 Å². The molecule has 1 unspecified atom stereocenters. The number of nitrogens with two attached hydrogens (primary N) is 1. The van der Waals surface area contributed by atoms with Crippen molar-refractivity contribution < 1.29 is 9.53 Å². The predicted octanol–water partition coefficient (Wildman–Crippen LogP) is 0.759. The van der Waals surface area contributed by atoms with E-state index in [1.54, 1.807) is 4.90 Å². The van der Waals surface area contributed by atoms with Gasteiger partial charge in [0.15, 0.2) is 0 Å². The van der Waals surface area contributed by atoms with Crippen LogP contribution in [0.25, 0.3) is 0 Å². The van der Waals surface area contributed by atoms with Crippen molar-refractivity contribution in [2.24, 2.45) is 5.73 Å². The summed E-state index contributed by atoms with van der Waals surface area (Å²) >= 11 is 0. The molecule has 0 bridgehead atoms. The van der Waals surface area contributed by atoms with Gasteiger partial charge in [0.1, 0.15) is 18.4 Å². The van der Waals surface area contributed by atoms with E-state index < -0.39 is 6.04 Å². The van der Waals surface area contributed by atoms with E-state index in [2.05, 4.69) is 0 Å². The number of anilines is 1. The summed E-state index contributed by atoms with van der Waals surface area (Å²) in [6, 6.07) is 6.92. The van der Waals surface area contributed by atoms with Crippen molar-refractivity contribution in [2.75, 3.05) is 18.1 Å². The maximum atomic E-state index is 11.9. The van der Waals surface area contributed by atoms with E-state index in [9.17, 15) is 4.79 Å². The van der Waals surface area contributed by atoms with Gasteiger partial charge in [0.2, 0.25) is 5.91 Å². The molecule has 0 aliphatic carbocycles. The highest BCUT2D eigenvalue weighted by molar-refractivity contribution is 5.99. The summed E-state index contributed by atoms with van der Waals surface area (Å²) in [7, 11) is 0. The van der Waals surface area contributed by atoms with Crippen LogP contribution in [0.4, 0.5) is 5.69 Å². The molecule has 1 aromatic carbocycles. The van der Waals surface area contributed by atoms with Crippen molar-refractivity contribution in [1.82, 2.24) is 0 Å². The van der Waals surface area contributed by atoms with Gasteiger partial charge in [-0.3, -0.25) is 4.79 Å². The number of benzene rings is 1. The lowest BCUT2D eigenvalue weighted by atomic mass is 10.2. The van der Waals surface area contributed by atoms with Crippen LogP contribution in [-0.2, 0) is 4.79 Å². The first-order chi connectivity index (χ1) is 7.24. The Hall–Kier alpha value is -1.55. The summed E-state index contributed by atoms with van der Waals surface area (Å²) in [5, 5.41) is 0. The highest BCUT2D eigenvalue weighted by Crippen LogP contribution is 2.30. The van der Waals surface area contributed by atoms with Crippen molar-refractivity contribution in [1.29, 1.82) is 0 Å². The second-order valence-corrected chi connectivity index (χ2v) is 3.47. The second-order valence-electron chi connectivity index (χ2n) is 3.47. The third-order valence-corrected chi connectivity index (χ3v) is 2.47. The molecule has 1 heterocycles. The zero-order chi connectivity index (χ0) is 10.8. The van der Waals surface area contributed by atoms with Crippen LogP contribution >= 0.6 is 0 Å². The Morgan fingerprint density at radius 3 is 3.00 bits per heavy atom. The van der Waals surface area contributed by atoms with Crippen molar-refractivity contribution in [3.63, 3.8) is 0 Å². The van der Waals surface area contributed by atoms with Gasteiger partial charge in [0, 0.05) is 6.54 Å². The molecule has 1 aliphatic heterocycles. The minimum absolute atomic E-state index is 0.0811. The maximum Gasteiger partial charge on any atom is 0.247 e. The van der Waals surface area contributed by atoms with Crippen LogP contribution in [0.1, 0.15) is 6.92 Å². The quantitative estimate of drug-likeness (QED) is 0.738. The molecule has 4 heteroatoms. The summed E-state index contributed by atoms with van der Waals surface area (Å²) in [6.07, 6.45) is 0. The molecule has 1 aromatic rings. The second kappa shape index (κ2) is 3.90. The fraction of sp³-hybridized carbons (Fsp3) is 0.364. The number of ether oxygens (including phenoxy) is 1. The summed E-state index contributed by atoms with van der Waals surface area (Å²) < 4.78 is 5.48. The zero-order valence-electron chi connectivity index (χ0n) is 8.64. The number of nitrogens with zero attached hydrogens (tertiary/aromatic N) is 1. The molecule has 0 fully saturated rings. The van der Waals surface area contributed by atoms with E-state index in [0.29, 0.717) is 6.54 Å². The van der Waals surface area contributed by atoms with Crippen LogP contribution in [0, 0.1) is 0 Å². The lowest BCUT2D eigenvalue weighted by Gasteiger charge is -2.20. The van der Waals surface area contributed by atoms with Gasteiger partial charge in [-0.25, -0.2) is 0 Å². The Morgan fingerprint density at radius 1 is 1.53 bits per heavy atom. The minimum atomic E-state index is -0.572. The Kier molecular flexibility index (Phi) is 2.60. The molecule has 1 aliphatic rings. The van der Waals surface area contributed by atoms with E-state index in [1.807, 2.05) is 31.2 Å². The first-order valence-electron chi connectivity index (χ1n) is 5.03. The van der Waals surface area contributed by atoms with E-state index in [1.165, 1.54) is 0 Å². The molecule has 80 valence electrons. The summed E-state index contributed by atoms with van der Waals surface area (Å²) in [5.74, 6) is 0.642. The average Bonchev–Trinajstić information content (AvgIpc) is 2.38. The van der Waals surface area contributed by atoms with Crippen LogP contribution in [-0.4, -0.2) is 25.1 Å². The number of rotatable bonds is 1. The third-order valence-electron chi connectivity index (χ3n) is 2.47. The molecule has 0 spiro atoms. The normalized spacial score (nSPS) is 20.5. The highest BCUT2D eigenvalue weighted by Gasteiger charge is 2.27. The summed E-state index contributed by atoms with van der Waals surface area (Å²) in [4.78, 5) is 13.5. The van der Waals surface area contributed by atoms with Gasteiger partial charge >= 0.3 is 0 Å². The summed E-state index contributed by atoms with van der Waals surface area (Å²) in [5.41, 5.74) is 6.51. The fourth-order valence-electron chi connectivity index (χ4n) is 1.70. The number of para-hydroxylation sites is 2. The van der Waals surface area contributed by atoms with Crippen molar-refractivity contribution in [3.05, 3.63) is 24.3 Å². The van der Waals surface area contributed by atoms with Gasteiger partial charge in [0.05, 0.1) is 5.69 Å². The van der Waals surface area contributed by atoms with E-state index >= 15 is 0 Å². The topological polar surface area (TPSA) is 55.6 Å². The molecular formula is C11H14N2O2. The van der Waals surface area contributed by atoms with Gasteiger partial charge in [-0.05, 0) is 19.1 Å². The zero-order valence-corrected chi connectivity index (χ0v) is 8.64. The molecule has 2 rings (SSSR count). The Morgan fingerprint density at radius 2 is 2.27 bits per heavy atom. The summed E-state index contributed by atoms with van der Waals surface area (Å²) in [6.45, 7) is 2.77. The van der Waals surface area contributed by atoms with Gasteiger partial charge in [-0.15, -0.1) is 0 Å². The lowest BCUT2D eigenvalue weighted by molar-refractivity contribution is -0.120. The number of hydrogen-bond acceptors (Lipinski definition) is 3. The fourth-order valence-corrected chi connectivity index (χ4v) is 1.70. The van der Waals surface area contributed by atoms with Crippen molar-refractivity contribution >= 4 is 11.6 Å². The molecule has 4 nitrogen and oxygen atoms in total. The first kappa shape index (κ1) is 9.98. The van der Waals surface area contributed by atoms with Crippen molar-refractivity contribution in [3.8, 4) is 5.75 Å². The van der Waals surface area contributed by atoms with Gasteiger partial charge < -0.3 is 15.4 Å². The smallest absolute Gasteiger partial charge is 0.247 e. The Bertz CT molecular complexity index is 379. The van der Waals surface area contributed by atoms with E-state index in [-0.39, 0.29) is 12.5 Å². The molecule has 2 N–H and O–H groups in total. The van der Waals surface area contributed by atoms with Crippen LogP contribution < -0.4 is 15.4 Å². The molecule has 0 radical (unpaired) electrons. The minimum Gasteiger partial charge on any atom is -0.489 e. The number of carbonyl (C=O) groups excluding carboxylic acids is 1. The molecule has 0 saturated heterocycles. The van der Waals surface area contributed by atoms with E-state index in [0.717, 1.165) is 11.4 Å². The molecular weight excluding hydrogens is 192 g/mol. The van der Waals surface area contributed by atoms with Crippen molar-refractivity contribution in [2.45, 2.75) is 13.0 Å². The lowest BCUT2D eigenvalue weighted by Crippen LogP contribution is -2.45.